The van der Waals surface area contributed by atoms with Gasteiger partial charge in [0.05, 0.1) is 6.04 Å². The fraction of sp³-hybridized carbons (Fsp3) is 0.846. The predicted octanol–water partition coefficient (Wildman–Crippen LogP) is 0.908. The van der Waals surface area contributed by atoms with Gasteiger partial charge in [0.1, 0.15) is 5.78 Å². The molecular weight excluding hydrogens is 216 g/mol. The minimum absolute atomic E-state index is 0.0493. The standard InChI is InChI=1S/C13H22N2O2/c1-10(16)11-6-8-14(2)9-12(11)15-7-4-3-5-13(15)17/h11-12H,3-9H2,1-2H3. The van der Waals surface area contributed by atoms with Crippen LogP contribution in [0.25, 0.3) is 0 Å². The molecule has 0 spiro atoms. The van der Waals surface area contributed by atoms with E-state index in [0.717, 1.165) is 38.9 Å². The van der Waals surface area contributed by atoms with Crippen LogP contribution in [0.3, 0.4) is 0 Å². The second-order valence-electron chi connectivity index (χ2n) is 5.38. The molecule has 0 aromatic heterocycles. The van der Waals surface area contributed by atoms with E-state index in [9.17, 15) is 9.59 Å². The Morgan fingerprint density at radius 1 is 1.29 bits per heavy atom. The van der Waals surface area contributed by atoms with Crippen LogP contribution in [0.1, 0.15) is 32.6 Å². The first-order valence-corrected chi connectivity index (χ1v) is 6.58. The number of likely N-dealkylation sites (tertiary alicyclic amines) is 2. The van der Waals surface area contributed by atoms with Crippen molar-refractivity contribution in [2.24, 2.45) is 5.92 Å². The van der Waals surface area contributed by atoms with Crippen LogP contribution in [0.4, 0.5) is 0 Å². The second-order valence-corrected chi connectivity index (χ2v) is 5.38. The molecule has 2 aliphatic rings. The number of ketones is 1. The summed E-state index contributed by atoms with van der Waals surface area (Å²) >= 11 is 0. The van der Waals surface area contributed by atoms with E-state index in [2.05, 4.69) is 11.9 Å². The van der Waals surface area contributed by atoms with Gasteiger partial charge in [-0.3, -0.25) is 9.59 Å². The Morgan fingerprint density at radius 2 is 2.06 bits per heavy atom. The number of hydrogen-bond acceptors (Lipinski definition) is 3. The summed E-state index contributed by atoms with van der Waals surface area (Å²) in [7, 11) is 2.07. The first-order valence-electron chi connectivity index (χ1n) is 6.58. The Hall–Kier alpha value is -0.900. The van der Waals surface area contributed by atoms with Crippen molar-refractivity contribution in [1.82, 2.24) is 9.80 Å². The number of carbonyl (C=O) groups is 2. The van der Waals surface area contributed by atoms with Gasteiger partial charge >= 0.3 is 0 Å². The van der Waals surface area contributed by atoms with Crippen LogP contribution in [-0.2, 0) is 9.59 Å². The molecule has 2 saturated heterocycles. The summed E-state index contributed by atoms with van der Waals surface area (Å²) in [5.74, 6) is 0.525. The van der Waals surface area contributed by atoms with Gasteiger partial charge in [-0.15, -0.1) is 0 Å². The van der Waals surface area contributed by atoms with Crippen molar-refractivity contribution in [2.75, 3.05) is 26.7 Å². The maximum Gasteiger partial charge on any atom is 0.222 e. The second kappa shape index (κ2) is 5.17. The van der Waals surface area contributed by atoms with Crippen molar-refractivity contribution in [3.05, 3.63) is 0 Å². The molecular formula is C13H22N2O2. The van der Waals surface area contributed by atoms with Gasteiger partial charge in [-0.25, -0.2) is 0 Å². The lowest BCUT2D eigenvalue weighted by Gasteiger charge is -2.43. The van der Waals surface area contributed by atoms with Gasteiger partial charge in [0.2, 0.25) is 5.91 Å². The molecule has 96 valence electrons. The SMILES string of the molecule is CC(=O)C1CCN(C)CC1N1CCCCC1=O. The third kappa shape index (κ3) is 2.68. The molecule has 0 radical (unpaired) electrons. The van der Waals surface area contributed by atoms with E-state index in [1.165, 1.54) is 0 Å². The van der Waals surface area contributed by atoms with Crippen LogP contribution in [0, 0.1) is 5.92 Å². The Bertz CT molecular complexity index is 317. The number of likely N-dealkylation sites (N-methyl/N-ethyl adjacent to an activating group) is 1. The fourth-order valence-electron chi connectivity index (χ4n) is 3.06. The quantitative estimate of drug-likeness (QED) is 0.718. The summed E-state index contributed by atoms with van der Waals surface area (Å²) in [6, 6.07) is 0.110. The normalized spacial score (nSPS) is 31.6. The summed E-state index contributed by atoms with van der Waals surface area (Å²) in [4.78, 5) is 27.9. The molecule has 0 aromatic rings. The molecule has 4 nitrogen and oxygen atoms in total. The highest BCUT2D eigenvalue weighted by atomic mass is 16.2. The third-order valence-electron chi connectivity index (χ3n) is 4.07. The zero-order chi connectivity index (χ0) is 12.4. The van der Waals surface area contributed by atoms with Gasteiger partial charge in [-0.1, -0.05) is 0 Å². The van der Waals surface area contributed by atoms with Gasteiger partial charge in [0, 0.05) is 25.4 Å². The van der Waals surface area contributed by atoms with Gasteiger partial charge in [0.15, 0.2) is 0 Å². The average Bonchev–Trinajstić information content (AvgIpc) is 2.29. The molecule has 2 aliphatic heterocycles. The van der Waals surface area contributed by atoms with Crippen molar-refractivity contribution < 1.29 is 9.59 Å². The molecule has 2 atom stereocenters. The topological polar surface area (TPSA) is 40.6 Å². The van der Waals surface area contributed by atoms with Crippen LogP contribution >= 0.6 is 0 Å². The van der Waals surface area contributed by atoms with Crippen LogP contribution < -0.4 is 0 Å². The largest absolute Gasteiger partial charge is 0.338 e. The number of rotatable bonds is 2. The zero-order valence-electron chi connectivity index (χ0n) is 10.8. The smallest absolute Gasteiger partial charge is 0.222 e. The highest BCUT2D eigenvalue weighted by Gasteiger charge is 2.37. The van der Waals surface area contributed by atoms with Crippen LogP contribution in [-0.4, -0.2) is 54.2 Å². The third-order valence-corrected chi connectivity index (χ3v) is 4.07. The maximum atomic E-state index is 12.0. The van der Waals surface area contributed by atoms with Crippen molar-refractivity contribution in [1.29, 1.82) is 0 Å². The molecule has 2 unspecified atom stereocenters. The van der Waals surface area contributed by atoms with E-state index in [1.54, 1.807) is 6.92 Å². The number of piperidine rings is 2. The molecule has 4 heteroatoms. The molecule has 17 heavy (non-hydrogen) atoms. The summed E-state index contributed by atoms with van der Waals surface area (Å²) < 4.78 is 0. The van der Waals surface area contributed by atoms with Crippen LogP contribution in [0.15, 0.2) is 0 Å². The minimum atomic E-state index is 0.0493. The number of carbonyl (C=O) groups excluding carboxylic acids is 2. The number of hydrogen-bond donors (Lipinski definition) is 0. The van der Waals surface area contributed by atoms with E-state index < -0.39 is 0 Å². The van der Waals surface area contributed by atoms with Crippen molar-refractivity contribution in [3.63, 3.8) is 0 Å². The molecule has 2 heterocycles. The molecule has 2 fully saturated rings. The molecule has 0 bridgehead atoms. The summed E-state index contributed by atoms with van der Waals surface area (Å²) in [5.41, 5.74) is 0. The highest BCUT2D eigenvalue weighted by molar-refractivity contribution is 5.82. The minimum Gasteiger partial charge on any atom is -0.338 e. The van der Waals surface area contributed by atoms with Crippen LogP contribution in [0.2, 0.25) is 0 Å². The highest BCUT2D eigenvalue weighted by Crippen LogP contribution is 2.25. The maximum absolute atomic E-state index is 12.0. The number of Topliss-reactive ketones (excluding diaryl/α,β-unsaturated/α-hetero) is 1. The summed E-state index contributed by atoms with van der Waals surface area (Å²) in [6.45, 7) is 4.30. The molecule has 0 aliphatic carbocycles. The molecule has 2 rings (SSSR count). The van der Waals surface area contributed by atoms with E-state index in [4.69, 9.17) is 0 Å². The molecule has 0 aromatic carbocycles. The Balaban J connectivity index is 2.13. The molecule has 0 saturated carbocycles. The van der Waals surface area contributed by atoms with Gasteiger partial charge < -0.3 is 9.80 Å². The first kappa shape index (κ1) is 12.6. The molecule has 0 N–H and O–H groups in total. The Morgan fingerprint density at radius 3 is 2.71 bits per heavy atom. The van der Waals surface area contributed by atoms with E-state index in [-0.39, 0.29) is 23.7 Å². The molecule has 1 amide bonds. The number of nitrogens with zero attached hydrogens (tertiary/aromatic N) is 2. The fourth-order valence-corrected chi connectivity index (χ4v) is 3.06. The van der Waals surface area contributed by atoms with Crippen molar-refractivity contribution in [2.45, 2.75) is 38.6 Å². The monoisotopic (exact) mass is 238 g/mol. The number of amides is 1. The lowest BCUT2D eigenvalue weighted by Crippen LogP contribution is -2.56. The van der Waals surface area contributed by atoms with Gasteiger partial charge in [-0.05, 0) is 39.8 Å². The Labute approximate surface area is 103 Å². The lowest BCUT2D eigenvalue weighted by atomic mass is 9.86. The van der Waals surface area contributed by atoms with Crippen molar-refractivity contribution >= 4 is 11.7 Å². The van der Waals surface area contributed by atoms with E-state index in [0.29, 0.717) is 6.42 Å². The Kier molecular flexibility index (Phi) is 3.82. The first-order chi connectivity index (χ1) is 8.09. The van der Waals surface area contributed by atoms with Crippen LogP contribution in [0.5, 0.6) is 0 Å². The lowest BCUT2D eigenvalue weighted by molar-refractivity contribution is -0.140. The summed E-state index contributed by atoms with van der Waals surface area (Å²) in [6.07, 6.45) is 3.63. The predicted molar refractivity (Wildman–Crippen MR) is 65.6 cm³/mol. The van der Waals surface area contributed by atoms with E-state index >= 15 is 0 Å². The average molecular weight is 238 g/mol. The zero-order valence-corrected chi connectivity index (χ0v) is 10.8. The van der Waals surface area contributed by atoms with Gasteiger partial charge in [0.25, 0.3) is 0 Å². The summed E-state index contributed by atoms with van der Waals surface area (Å²) in [5, 5.41) is 0. The van der Waals surface area contributed by atoms with Gasteiger partial charge in [-0.2, -0.15) is 0 Å². The van der Waals surface area contributed by atoms with E-state index in [1.807, 2.05) is 4.90 Å². The van der Waals surface area contributed by atoms with Crippen molar-refractivity contribution in [3.8, 4) is 0 Å².